The average Bonchev–Trinajstić information content (AvgIpc) is 3.34. The van der Waals surface area contributed by atoms with Crippen LogP contribution in [0.15, 0.2) is 18.2 Å². The fraction of sp³-hybridized carbons (Fsp3) is 0.609. The number of rotatable bonds is 3. The van der Waals surface area contributed by atoms with Gasteiger partial charge in [0.2, 0.25) is 5.91 Å². The van der Waals surface area contributed by atoms with Gasteiger partial charge in [-0.2, -0.15) is 0 Å². The summed E-state index contributed by atoms with van der Waals surface area (Å²) in [7, 11) is 5.88. The predicted molar refractivity (Wildman–Crippen MR) is 112 cm³/mol. The van der Waals surface area contributed by atoms with Crippen molar-refractivity contribution in [3.8, 4) is 5.75 Å². The maximum absolute atomic E-state index is 13.5. The van der Waals surface area contributed by atoms with Crippen molar-refractivity contribution in [3.05, 3.63) is 29.5 Å². The summed E-state index contributed by atoms with van der Waals surface area (Å²) in [5.74, 6) is 1.19. The van der Waals surface area contributed by atoms with Crippen molar-refractivity contribution in [1.29, 1.82) is 0 Å². The minimum Gasteiger partial charge on any atom is -0.497 e. The Labute approximate surface area is 172 Å². The molecular formula is C23H31N3O3. The summed E-state index contributed by atoms with van der Waals surface area (Å²) in [5, 5.41) is 11.6. The second-order valence-corrected chi connectivity index (χ2v) is 9.30. The summed E-state index contributed by atoms with van der Waals surface area (Å²) in [6.07, 6.45) is 4.25. The number of carbonyl (C=O) groups is 1. The second-order valence-electron chi connectivity index (χ2n) is 9.30. The van der Waals surface area contributed by atoms with Crippen LogP contribution in [0, 0.1) is 5.92 Å². The third kappa shape index (κ3) is 2.65. The highest BCUT2D eigenvalue weighted by Gasteiger charge is 2.53. The van der Waals surface area contributed by atoms with Gasteiger partial charge in [0.05, 0.1) is 25.3 Å². The molecule has 1 amide bonds. The molecule has 5 rings (SSSR count). The molecule has 1 aromatic heterocycles. The Kier molecular flexibility index (Phi) is 4.40. The molecule has 1 aromatic carbocycles. The molecular weight excluding hydrogens is 366 g/mol. The molecule has 1 aliphatic carbocycles. The van der Waals surface area contributed by atoms with Gasteiger partial charge in [-0.25, -0.2) is 0 Å². The van der Waals surface area contributed by atoms with E-state index in [4.69, 9.17) is 4.74 Å². The molecule has 0 radical (unpaired) electrons. The van der Waals surface area contributed by atoms with E-state index in [9.17, 15) is 9.90 Å². The van der Waals surface area contributed by atoms with Crippen LogP contribution in [0.1, 0.15) is 43.0 Å². The van der Waals surface area contributed by atoms with Gasteiger partial charge in [-0.05, 0) is 37.6 Å². The van der Waals surface area contributed by atoms with Crippen LogP contribution in [0.4, 0.5) is 0 Å². The standard InChI is InChI=1S/C23H31N3O3/c1-24-12-23(13-24)14-26(22(28)15-6-4-5-7-15)19(11-27)21-20(23)17-9-8-16(29-3)10-18(17)25(21)2/h8-10,15,19,27H,4-7,11-14H2,1-3H3/t19-/m0/s1. The van der Waals surface area contributed by atoms with Crippen molar-refractivity contribution < 1.29 is 14.6 Å². The van der Waals surface area contributed by atoms with Crippen molar-refractivity contribution in [2.45, 2.75) is 37.1 Å². The minimum atomic E-state index is -0.280. The number of hydrogen-bond donors (Lipinski definition) is 1. The molecule has 3 aliphatic rings. The normalized spacial score (nSPS) is 24.1. The fourth-order valence-corrected chi connectivity index (χ4v) is 6.24. The Balaban J connectivity index is 1.68. The smallest absolute Gasteiger partial charge is 0.226 e. The molecule has 2 aliphatic heterocycles. The van der Waals surface area contributed by atoms with Crippen LogP contribution in [-0.2, 0) is 17.3 Å². The van der Waals surface area contributed by atoms with E-state index in [-0.39, 0.29) is 29.9 Å². The molecule has 0 unspecified atom stereocenters. The molecule has 3 heterocycles. The summed E-state index contributed by atoms with van der Waals surface area (Å²) in [5.41, 5.74) is 3.47. The minimum absolute atomic E-state index is 0.0430. The van der Waals surface area contributed by atoms with Crippen LogP contribution in [0.25, 0.3) is 10.9 Å². The summed E-state index contributed by atoms with van der Waals surface area (Å²) >= 11 is 0. The highest BCUT2D eigenvalue weighted by atomic mass is 16.5. The van der Waals surface area contributed by atoms with Crippen molar-refractivity contribution >= 4 is 16.8 Å². The highest BCUT2D eigenvalue weighted by Crippen LogP contribution is 2.49. The van der Waals surface area contributed by atoms with Crippen LogP contribution in [0.5, 0.6) is 5.75 Å². The number of carbonyl (C=O) groups excluding carboxylic acids is 1. The monoisotopic (exact) mass is 397 g/mol. The first-order valence-electron chi connectivity index (χ1n) is 10.8. The summed E-state index contributed by atoms with van der Waals surface area (Å²) < 4.78 is 7.65. The van der Waals surface area contributed by atoms with Crippen molar-refractivity contribution in [2.24, 2.45) is 13.0 Å². The van der Waals surface area contributed by atoms with E-state index >= 15 is 0 Å². The van der Waals surface area contributed by atoms with Crippen LogP contribution in [0.2, 0.25) is 0 Å². The first-order chi connectivity index (χ1) is 14.0. The van der Waals surface area contributed by atoms with Gasteiger partial charge in [0.1, 0.15) is 5.75 Å². The molecule has 1 atom stereocenters. The lowest BCUT2D eigenvalue weighted by molar-refractivity contribution is -0.143. The lowest BCUT2D eigenvalue weighted by Gasteiger charge is -2.55. The van der Waals surface area contributed by atoms with Crippen molar-refractivity contribution in [1.82, 2.24) is 14.4 Å². The largest absolute Gasteiger partial charge is 0.497 e. The Hall–Kier alpha value is -2.05. The number of ether oxygens (including phenoxy) is 1. The summed E-state index contributed by atoms with van der Waals surface area (Å²) in [4.78, 5) is 17.8. The zero-order valence-electron chi connectivity index (χ0n) is 17.6. The summed E-state index contributed by atoms with van der Waals surface area (Å²) in [6.45, 7) is 2.55. The van der Waals surface area contributed by atoms with E-state index in [0.717, 1.165) is 55.7 Å². The molecule has 6 heteroatoms. The number of likely N-dealkylation sites (N-methyl/N-ethyl adjacent to an activating group) is 1. The Morgan fingerprint density at radius 3 is 2.55 bits per heavy atom. The van der Waals surface area contributed by atoms with Gasteiger partial charge in [-0.15, -0.1) is 0 Å². The number of benzene rings is 1. The Morgan fingerprint density at radius 2 is 1.93 bits per heavy atom. The first-order valence-corrected chi connectivity index (χ1v) is 10.8. The van der Waals surface area contributed by atoms with Gasteiger partial charge in [-0.1, -0.05) is 12.8 Å². The van der Waals surface area contributed by atoms with Gasteiger partial charge in [0, 0.05) is 55.2 Å². The predicted octanol–water partition coefficient (Wildman–Crippen LogP) is 2.44. The van der Waals surface area contributed by atoms with Crippen LogP contribution < -0.4 is 4.74 Å². The van der Waals surface area contributed by atoms with Crippen LogP contribution >= 0.6 is 0 Å². The second kappa shape index (κ2) is 6.74. The molecule has 1 saturated heterocycles. The lowest BCUT2D eigenvalue weighted by atomic mass is 9.68. The van der Waals surface area contributed by atoms with Crippen LogP contribution in [-0.4, -0.2) is 65.8 Å². The van der Waals surface area contributed by atoms with E-state index in [1.54, 1.807) is 7.11 Å². The molecule has 2 fully saturated rings. The number of aryl methyl sites for hydroxylation is 1. The molecule has 1 saturated carbocycles. The number of likely N-dealkylation sites (tertiary alicyclic amines) is 1. The zero-order chi connectivity index (χ0) is 20.3. The van der Waals surface area contributed by atoms with E-state index in [1.165, 1.54) is 10.9 Å². The number of methoxy groups -OCH3 is 1. The first kappa shape index (κ1) is 18.9. The molecule has 6 nitrogen and oxygen atoms in total. The number of nitrogens with zero attached hydrogens (tertiary/aromatic N) is 3. The fourth-order valence-electron chi connectivity index (χ4n) is 6.24. The highest BCUT2D eigenvalue weighted by molar-refractivity contribution is 5.90. The molecule has 0 bridgehead atoms. The van der Waals surface area contributed by atoms with E-state index in [1.807, 2.05) is 11.0 Å². The number of hydrogen-bond acceptors (Lipinski definition) is 4. The molecule has 1 N–H and O–H groups in total. The van der Waals surface area contributed by atoms with Gasteiger partial charge < -0.3 is 24.2 Å². The molecule has 2 aromatic rings. The van der Waals surface area contributed by atoms with Crippen molar-refractivity contribution in [2.75, 3.05) is 40.4 Å². The van der Waals surface area contributed by atoms with E-state index < -0.39 is 0 Å². The maximum atomic E-state index is 13.5. The molecule has 1 spiro atoms. The third-order valence-corrected chi connectivity index (χ3v) is 7.45. The number of fused-ring (bicyclic) bond motifs is 4. The molecule has 156 valence electrons. The Bertz CT molecular complexity index is 954. The average molecular weight is 398 g/mol. The zero-order valence-corrected chi connectivity index (χ0v) is 17.6. The number of amides is 1. The van der Waals surface area contributed by atoms with Crippen LogP contribution in [0.3, 0.4) is 0 Å². The quantitative estimate of drug-likeness (QED) is 0.864. The van der Waals surface area contributed by atoms with Gasteiger partial charge in [-0.3, -0.25) is 4.79 Å². The lowest BCUT2D eigenvalue weighted by Crippen LogP contribution is -2.66. The van der Waals surface area contributed by atoms with E-state index in [0.29, 0.717) is 6.54 Å². The topological polar surface area (TPSA) is 57.9 Å². The van der Waals surface area contributed by atoms with E-state index in [2.05, 4.69) is 35.7 Å². The Morgan fingerprint density at radius 1 is 1.21 bits per heavy atom. The number of aliphatic hydroxyl groups excluding tert-OH is 1. The van der Waals surface area contributed by atoms with Crippen molar-refractivity contribution in [3.63, 3.8) is 0 Å². The summed E-state index contributed by atoms with van der Waals surface area (Å²) in [6, 6.07) is 5.96. The van der Waals surface area contributed by atoms with Gasteiger partial charge in [0.25, 0.3) is 0 Å². The maximum Gasteiger partial charge on any atom is 0.226 e. The van der Waals surface area contributed by atoms with Gasteiger partial charge >= 0.3 is 0 Å². The number of aliphatic hydroxyl groups is 1. The van der Waals surface area contributed by atoms with Gasteiger partial charge in [0.15, 0.2) is 0 Å². The third-order valence-electron chi connectivity index (χ3n) is 7.45. The SMILES string of the molecule is COc1ccc2c3c(n(C)c2c1)[C@H](CO)N(C(=O)C1CCCC1)CC31CN(C)C1. The number of aromatic nitrogens is 1. The molecule has 29 heavy (non-hydrogen) atoms.